The van der Waals surface area contributed by atoms with Crippen LogP contribution in [0.4, 0.5) is 0 Å². The van der Waals surface area contributed by atoms with E-state index in [1.54, 1.807) is 17.9 Å². The first kappa shape index (κ1) is 13.3. The minimum absolute atomic E-state index is 0.0490. The van der Waals surface area contributed by atoms with Crippen molar-refractivity contribution >= 4 is 27.5 Å². The molecule has 1 aliphatic heterocycles. The molecule has 2 heterocycles. The lowest BCUT2D eigenvalue weighted by atomic mass is 10.3. The molecule has 100 valence electrons. The molecule has 0 spiro atoms. The molecule has 0 radical (unpaired) electrons. The van der Waals surface area contributed by atoms with Crippen LogP contribution in [0.15, 0.2) is 11.5 Å². The van der Waals surface area contributed by atoms with Crippen molar-refractivity contribution in [3.63, 3.8) is 0 Å². The molecule has 0 aliphatic carbocycles. The highest BCUT2D eigenvalue weighted by atomic mass is 32.2. The van der Waals surface area contributed by atoms with Gasteiger partial charge in [-0.3, -0.25) is 4.79 Å². The van der Waals surface area contributed by atoms with Crippen LogP contribution in [0.5, 0.6) is 0 Å². The second kappa shape index (κ2) is 5.27. The summed E-state index contributed by atoms with van der Waals surface area (Å²) >= 11 is 1.27. The highest BCUT2D eigenvalue weighted by molar-refractivity contribution is 7.99. The summed E-state index contributed by atoms with van der Waals surface area (Å²) in [5, 5.41) is 10.9. The maximum absolute atomic E-state index is 11.6. The van der Waals surface area contributed by atoms with Gasteiger partial charge in [-0.05, 0) is 6.42 Å². The van der Waals surface area contributed by atoms with E-state index in [4.69, 9.17) is 0 Å². The molecule has 1 amide bonds. The van der Waals surface area contributed by atoms with Crippen LogP contribution in [-0.4, -0.2) is 52.4 Å². The predicted octanol–water partition coefficient (Wildman–Crippen LogP) is -0.789. The van der Waals surface area contributed by atoms with Crippen molar-refractivity contribution in [1.29, 1.82) is 0 Å². The van der Waals surface area contributed by atoms with Crippen molar-refractivity contribution in [2.24, 2.45) is 7.05 Å². The fraction of sp³-hybridized carbons (Fsp3) is 0.667. The van der Waals surface area contributed by atoms with Crippen LogP contribution >= 0.6 is 11.8 Å². The number of sulfone groups is 1. The Balaban J connectivity index is 1.78. The average molecular weight is 290 g/mol. The summed E-state index contributed by atoms with van der Waals surface area (Å²) in [5.41, 5.74) is 0. The number of carbonyl (C=O) groups is 1. The number of aryl methyl sites for hydroxylation is 1. The number of nitrogens with one attached hydrogen (secondary N) is 1. The van der Waals surface area contributed by atoms with Gasteiger partial charge < -0.3 is 9.88 Å². The van der Waals surface area contributed by atoms with Crippen LogP contribution in [-0.2, 0) is 21.7 Å². The van der Waals surface area contributed by atoms with E-state index in [1.165, 1.54) is 11.8 Å². The van der Waals surface area contributed by atoms with E-state index < -0.39 is 9.84 Å². The quantitative estimate of drug-likeness (QED) is 0.730. The summed E-state index contributed by atoms with van der Waals surface area (Å²) in [5.74, 6) is 0.246. The number of amides is 1. The van der Waals surface area contributed by atoms with Gasteiger partial charge in [-0.1, -0.05) is 11.8 Å². The lowest BCUT2D eigenvalue weighted by Crippen LogP contribution is -2.36. The van der Waals surface area contributed by atoms with E-state index >= 15 is 0 Å². The van der Waals surface area contributed by atoms with Crippen molar-refractivity contribution in [2.45, 2.75) is 17.6 Å². The number of hydrogen-bond donors (Lipinski definition) is 1. The topological polar surface area (TPSA) is 93.9 Å². The average Bonchev–Trinajstić information content (AvgIpc) is 2.82. The number of thioether (sulfide) groups is 1. The number of aromatic nitrogens is 3. The van der Waals surface area contributed by atoms with E-state index in [-0.39, 0.29) is 29.2 Å². The molecule has 1 saturated heterocycles. The third-order valence-electron chi connectivity index (χ3n) is 2.60. The van der Waals surface area contributed by atoms with Crippen molar-refractivity contribution in [1.82, 2.24) is 20.1 Å². The van der Waals surface area contributed by atoms with E-state index in [2.05, 4.69) is 15.5 Å². The van der Waals surface area contributed by atoms with Gasteiger partial charge in [0, 0.05) is 13.1 Å². The van der Waals surface area contributed by atoms with Gasteiger partial charge in [-0.25, -0.2) is 8.42 Å². The molecule has 1 fully saturated rings. The minimum atomic E-state index is -2.95. The number of hydrogen-bond acceptors (Lipinski definition) is 6. The van der Waals surface area contributed by atoms with Crippen LogP contribution in [0.1, 0.15) is 6.42 Å². The molecule has 0 aromatic carbocycles. The molecule has 1 aliphatic rings. The largest absolute Gasteiger partial charge is 0.352 e. The summed E-state index contributed by atoms with van der Waals surface area (Å²) < 4.78 is 24.2. The summed E-state index contributed by atoms with van der Waals surface area (Å²) in [7, 11) is -1.16. The summed E-state index contributed by atoms with van der Waals surface area (Å²) in [6.07, 6.45) is 2.06. The normalized spacial score (nSPS) is 21.9. The van der Waals surface area contributed by atoms with E-state index in [1.807, 2.05) is 0 Å². The number of rotatable bonds is 4. The molecule has 1 aromatic heterocycles. The molecule has 1 N–H and O–H groups in total. The highest BCUT2D eigenvalue weighted by Gasteiger charge is 2.28. The Labute approximate surface area is 109 Å². The van der Waals surface area contributed by atoms with E-state index in [0.717, 1.165) is 0 Å². The van der Waals surface area contributed by atoms with Crippen molar-refractivity contribution in [3.05, 3.63) is 6.33 Å². The second-order valence-corrected chi connectivity index (χ2v) is 7.35. The second-order valence-electron chi connectivity index (χ2n) is 4.18. The zero-order valence-corrected chi connectivity index (χ0v) is 11.5. The first-order chi connectivity index (χ1) is 8.46. The Morgan fingerprint density at radius 1 is 1.67 bits per heavy atom. The van der Waals surface area contributed by atoms with Crippen molar-refractivity contribution in [3.8, 4) is 0 Å². The smallest absolute Gasteiger partial charge is 0.230 e. The Hall–Kier alpha value is -1.09. The van der Waals surface area contributed by atoms with Crippen LogP contribution in [0.3, 0.4) is 0 Å². The van der Waals surface area contributed by atoms with Gasteiger partial charge in [0.25, 0.3) is 0 Å². The molecule has 0 saturated carbocycles. The van der Waals surface area contributed by atoms with Crippen LogP contribution in [0.2, 0.25) is 0 Å². The molecular weight excluding hydrogens is 276 g/mol. The van der Waals surface area contributed by atoms with E-state index in [9.17, 15) is 13.2 Å². The molecule has 2 rings (SSSR count). The maximum atomic E-state index is 11.6. The minimum Gasteiger partial charge on any atom is -0.352 e. The van der Waals surface area contributed by atoms with Crippen molar-refractivity contribution < 1.29 is 13.2 Å². The first-order valence-corrected chi connectivity index (χ1v) is 8.23. The monoisotopic (exact) mass is 290 g/mol. The molecular formula is C9H14N4O3S2. The molecule has 7 nitrogen and oxygen atoms in total. The van der Waals surface area contributed by atoms with Crippen LogP contribution in [0.25, 0.3) is 0 Å². The lowest BCUT2D eigenvalue weighted by molar-refractivity contribution is -0.119. The fourth-order valence-corrected chi connectivity index (χ4v) is 4.08. The fourth-order valence-electron chi connectivity index (χ4n) is 1.71. The Morgan fingerprint density at radius 3 is 3.00 bits per heavy atom. The van der Waals surface area contributed by atoms with Crippen LogP contribution < -0.4 is 5.32 Å². The molecule has 0 bridgehead atoms. The summed E-state index contributed by atoms with van der Waals surface area (Å²) in [6.45, 7) is 0. The first-order valence-electron chi connectivity index (χ1n) is 5.43. The zero-order valence-electron chi connectivity index (χ0n) is 9.87. The Kier molecular flexibility index (Phi) is 3.91. The predicted molar refractivity (Wildman–Crippen MR) is 66.9 cm³/mol. The maximum Gasteiger partial charge on any atom is 0.230 e. The van der Waals surface area contributed by atoms with Crippen LogP contribution in [0, 0.1) is 0 Å². The molecule has 1 aromatic rings. The highest BCUT2D eigenvalue weighted by Crippen LogP contribution is 2.14. The van der Waals surface area contributed by atoms with E-state index in [0.29, 0.717) is 11.6 Å². The summed E-state index contributed by atoms with van der Waals surface area (Å²) in [4.78, 5) is 11.6. The Bertz CT molecular complexity index is 540. The summed E-state index contributed by atoms with van der Waals surface area (Å²) in [6, 6.07) is -0.248. The molecule has 9 heteroatoms. The van der Waals surface area contributed by atoms with Gasteiger partial charge in [0.05, 0.1) is 17.3 Å². The van der Waals surface area contributed by atoms with Gasteiger partial charge in [0.2, 0.25) is 5.91 Å². The van der Waals surface area contributed by atoms with Gasteiger partial charge in [-0.15, -0.1) is 10.2 Å². The number of nitrogens with zero attached hydrogens (tertiary/aromatic N) is 3. The molecule has 1 atom stereocenters. The standard InChI is InChI=1S/C9H14N4O3S2/c1-13-6-10-12-9(13)17-4-8(14)11-7-2-3-18(15,16)5-7/h6-7H,2-5H2,1H3,(H,11,14). The Morgan fingerprint density at radius 2 is 2.44 bits per heavy atom. The molecule has 18 heavy (non-hydrogen) atoms. The van der Waals surface area contributed by atoms with Crippen molar-refractivity contribution in [2.75, 3.05) is 17.3 Å². The zero-order chi connectivity index (χ0) is 13.2. The van der Waals surface area contributed by atoms with Gasteiger partial charge >= 0.3 is 0 Å². The number of carbonyl (C=O) groups excluding carboxylic acids is 1. The third kappa shape index (κ3) is 3.45. The third-order valence-corrected chi connectivity index (χ3v) is 5.40. The molecule has 1 unspecified atom stereocenters. The van der Waals surface area contributed by atoms with Gasteiger partial charge in [0.15, 0.2) is 15.0 Å². The lowest BCUT2D eigenvalue weighted by Gasteiger charge is -2.09. The van der Waals surface area contributed by atoms with Gasteiger partial charge in [0.1, 0.15) is 6.33 Å². The van der Waals surface area contributed by atoms with Gasteiger partial charge in [-0.2, -0.15) is 0 Å². The SMILES string of the molecule is Cn1cnnc1SCC(=O)NC1CCS(=O)(=O)C1.